The van der Waals surface area contributed by atoms with Gasteiger partial charge in [-0.3, -0.25) is 4.98 Å². The van der Waals surface area contributed by atoms with E-state index in [2.05, 4.69) is 4.98 Å². The molecule has 3 aromatic rings. The van der Waals surface area contributed by atoms with Gasteiger partial charge in [-0.2, -0.15) is 0 Å². The fourth-order valence-electron chi connectivity index (χ4n) is 2.40. The van der Waals surface area contributed by atoms with Gasteiger partial charge in [0.2, 0.25) is 0 Å². The SMILES string of the molecule is COc1ccc(O)c(C(=Cc2ccccn2)c2ccccc2)c1. The average molecular weight is 303 g/mol. The predicted molar refractivity (Wildman–Crippen MR) is 92.3 cm³/mol. The molecule has 1 heterocycles. The van der Waals surface area contributed by atoms with Crippen molar-refractivity contribution in [1.82, 2.24) is 4.98 Å². The molecule has 0 radical (unpaired) electrons. The third kappa shape index (κ3) is 3.40. The smallest absolute Gasteiger partial charge is 0.123 e. The number of aromatic nitrogens is 1. The number of nitrogens with zero attached hydrogens (tertiary/aromatic N) is 1. The largest absolute Gasteiger partial charge is 0.507 e. The zero-order valence-electron chi connectivity index (χ0n) is 12.8. The van der Waals surface area contributed by atoms with E-state index in [9.17, 15) is 5.11 Å². The molecule has 0 saturated heterocycles. The number of hydrogen-bond donors (Lipinski definition) is 1. The van der Waals surface area contributed by atoms with Crippen molar-refractivity contribution in [3.05, 3.63) is 89.7 Å². The number of benzene rings is 2. The Kier molecular flexibility index (Phi) is 4.39. The van der Waals surface area contributed by atoms with Gasteiger partial charge in [-0.25, -0.2) is 0 Å². The third-order valence-electron chi connectivity index (χ3n) is 3.56. The van der Waals surface area contributed by atoms with Crippen LogP contribution < -0.4 is 4.74 Å². The van der Waals surface area contributed by atoms with E-state index in [1.165, 1.54) is 0 Å². The first kappa shape index (κ1) is 14.9. The highest BCUT2D eigenvalue weighted by atomic mass is 16.5. The predicted octanol–water partition coefficient (Wildman–Crippen LogP) is 4.38. The van der Waals surface area contributed by atoms with Crippen molar-refractivity contribution in [2.45, 2.75) is 0 Å². The Bertz CT molecular complexity index is 812. The summed E-state index contributed by atoms with van der Waals surface area (Å²) in [5.74, 6) is 0.900. The van der Waals surface area contributed by atoms with Crippen LogP contribution in [0.1, 0.15) is 16.8 Å². The van der Waals surface area contributed by atoms with Crippen LogP contribution >= 0.6 is 0 Å². The molecule has 0 saturated carbocycles. The van der Waals surface area contributed by atoms with Crippen LogP contribution in [-0.4, -0.2) is 17.2 Å². The fraction of sp³-hybridized carbons (Fsp3) is 0.0500. The van der Waals surface area contributed by atoms with E-state index in [1.807, 2.05) is 60.7 Å². The van der Waals surface area contributed by atoms with Crippen LogP contribution in [0.5, 0.6) is 11.5 Å². The summed E-state index contributed by atoms with van der Waals surface area (Å²) in [6.45, 7) is 0. The standard InChI is InChI=1S/C20H17NO2/c1-23-17-10-11-20(22)19(14-17)18(15-7-3-2-4-8-15)13-16-9-5-6-12-21-16/h2-14,22H,1H3. The molecule has 0 atom stereocenters. The first-order chi connectivity index (χ1) is 11.3. The van der Waals surface area contributed by atoms with Crippen LogP contribution in [0.3, 0.4) is 0 Å². The Morgan fingerprint density at radius 1 is 1.00 bits per heavy atom. The van der Waals surface area contributed by atoms with Gasteiger partial charge in [0.1, 0.15) is 11.5 Å². The second kappa shape index (κ2) is 6.79. The minimum absolute atomic E-state index is 0.205. The molecule has 2 aromatic carbocycles. The molecule has 0 bridgehead atoms. The quantitative estimate of drug-likeness (QED) is 0.777. The van der Waals surface area contributed by atoms with Crippen LogP contribution in [-0.2, 0) is 0 Å². The Labute approximate surface area is 135 Å². The monoisotopic (exact) mass is 303 g/mol. The van der Waals surface area contributed by atoms with E-state index >= 15 is 0 Å². The highest BCUT2D eigenvalue weighted by Crippen LogP contribution is 2.34. The van der Waals surface area contributed by atoms with Gasteiger partial charge in [-0.05, 0) is 47.5 Å². The molecule has 0 amide bonds. The zero-order chi connectivity index (χ0) is 16.1. The fourth-order valence-corrected chi connectivity index (χ4v) is 2.40. The molecule has 0 unspecified atom stereocenters. The summed E-state index contributed by atoms with van der Waals surface area (Å²) < 4.78 is 5.29. The number of pyridine rings is 1. The van der Waals surface area contributed by atoms with Gasteiger partial charge in [0.25, 0.3) is 0 Å². The maximum absolute atomic E-state index is 10.3. The molecule has 1 N–H and O–H groups in total. The lowest BCUT2D eigenvalue weighted by molar-refractivity contribution is 0.412. The summed E-state index contributed by atoms with van der Waals surface area (Å²) in [7, 11) is 1.61. The van der Waals surface area contributed by atoms with Crippen LogP contribution in [0, 0.1) is 0 Å². The number of hydrogen-bond acceptors (Lipinski definition) is 3. The summed E-state index contributed by atoms with van der Waals surface area (Å²) in [6, 6.07) is 20.9. The van der Waals surface area contributed by atoms with Gasteiger partial charge in [0.15, 0.2) is 0 Å². The van der Waals surface area contributed by atoms with Gasteiger partial charge in [0.05, 0.1) is 12.8 Å². The molecule has 0 fully saturated rings. The van der Waals surface area contributed by atoms with E-state index in [-0.39, 0.29) is 5.75 Å². The molecule has 3 rings (SSSR count). The second-order valence-corrected chi connectivity index (χ2v) is 5.06. The minimum atomic E-state index is 0.205. The Morgan fingerprint density at radius 2 is 1.78 bits per heavy atom. The van der Waals surface area contributed by atoms with Crippen molar-refractivity contribution in [2.24, 2.45) is 0 Å². The van der Waals surface area contributed by atoms with Crippen molar-refractivity contribution in [1.29, 1.82) is 0 Å². The average Bonchev–Trinajstić information content (AvgIpc) is 2.62. The third-order valence-corrected chi connectivity index (χ3v) is 3.56. The summed E-state index contributed by atoms with van der Waals surface area (Å²) in [6.07, 6.45) is 3.71. The number of aromatic hydroxyl groups is 1. The van der Waals surface area contributed by atoms with E-state index in [0.717, 1.165) is 16.8 Å². The molecule has 3 heteroatoms. The Hall–Kier alpha value is -3.07. The van der Waals surface area contributed by atoms with Crippen LogP contribution in [0.15, 0.2) is 72.9 Å². The van der Waals surface area contributed by atoms with Crippen molar-refractivity contribution in [3.8, 4) is 11.5 Å². The first-order valence-corrected chi connectivity index (χ1v) is 7.33. The number of phenols is 1. The highest BCUT2D eigenvalue weighted by molar-refractivity contribution is 5.93. The number of phenolic OH excluding ortho intramolecular Hbond substituents is 1. The number of methoxy groups -OCH3 is 1. The van der Waals surface area contributed by atoms with Gasteiger partial charge in [0, 0.05) is 11.8 Å². The van der Waals surface area contributed by atoms with Gasteiger partial charge >= 0.3 is 0 Å². The van der Waals surface area contributed by atoms with Gasteiger partial charge in [-0.1, -0.05) is 36.4 Å². The van der Waals surface area contributed by atoms with Gasteiger partial charge < -0.3 is 9.84 Å². The first-order valence-electron chi connectivity index (χ1n) is 7.33. The molecular formula is C20H17NO2. The molecule has 0 aliphatic heterocycles. The number of ether oxygens (including phenoxy) is 1. The van der Waals surface area contributed by atoms with Crippen molar-refractivity contribution in [2.75, 3.05) is 7.11 Å². The van der Waals surface area contributed by atoms with E-state index < -0.39 is 0 Å². The summed E-state index contributed by atoms with van der Waals surface area (Å²) in [5, 5.41) is 10.3. The highest BCUT2D eigenvalue weighted by Gasteiger charge is 2.11. The maximum atomic E-state index is 10.3. The Morgan fingerprint density at radius 3 is 2.48 bits per heavy atom. The second-order valence-electron chi connectivity index (χ2n) is 5.06. The molecule has 114 valence electrons. The van der Waals surface area contributed by atoms with Crippen LogP contribution in [0.4, 0.5) is 0 Å². The molecule has 0 aliphatic rings. The van der Waals surface area contributed by atoms with Crippen molar-refractivity contribution >= 4 is 11.6 Å². The lowest BCUT2D eigenvalue weighted by Gasteiger charge is -2.12. The van der Waals surface area contributed by atoms with Crippen LogP contribution in [0.2, 0.25) is 0 Å². The summed E-state index contributed by atoms with van der Waals surface area (Å²) in [4.78, 5) is 4.35. The molecule has 3 nitrogen and oxygen atoms in total. The lowest BCUT2D eigenvalue weighted by atomic mass is 9.95. The molecule has 0 aliphatic carbocycles. The Balaban J connectivity index is 2.19. The normalized spacial score (nSPS) is 11.3. The number of rotatable bonds is 4. The van der Waals surface area contributed by atoms with E-state index in [4.69, 9.17) is 4.74 Å². The van der Waals surface area contributed by atoms with Crippen molar-refractivity contribution < 1.29 is 9.84 Å². The summed E-state index contributed by atoms with van der Waals surface area (Å²) in [5.41, 5.74) is 3.43. The van der Waals surface area contributed by atoms with Gasteiger partial charge in [-0.15, -0.1) is 0 Å². The maximum Gasteiger partial charge on any atom is 0.123 e. The minimum Gasteiger partial charge on any atom is -0.507 e. The zero-order valence-corrected chi connectivity index (χ0v) is 12.8. The lowest BCUT2D eigenvalue weighted by Crippen LogP contribution is -1.92. The molecule has 1 aromatic heterocycles. The molecular weight excluding hydrogens is 286 g/mol. The van der Waals surface area contributed by atoms with E-state index in [0.29, 0.717) is 11.3 Å². The molecule has 23 heavy (non-hydrogen) atoms. The van der Waals surface area contributed by atoms with Crippen LogP contribution in [0.25, 0.3) is 11.6 Å². The van der Waals surface area contributed by atoms with E-state index in [1.54, 1.807) is 25.4 Å². The molecule has 0 spiro atoms. The topological polar surface area (TPSA) is 42.4 Å². The van der Waals surface area contributed by atoms with Crippen molar-refractivity contribution in [3.63, 3.8) is 0 Å². The summed E-state index contributed by atoms with van der Waals surface area (Å²) >= 11 is 0.